The topological polar surface area (TPSA) is 30.5 Å². The van der Waals surface area contributed by atoms with Gasteiger partial charge < -0.3 is 14.8 Å². The molecule has 98 valence electrons. The minimum absolute atomic E-state index is 0.317. The first-order valence-electron chi connectivity index (χ1n) is 6.61. The molecule has 0 spiro atoms. The van der Waals surface area contributed by atoms with Crippen LogP contribution < -0.4 is 10.1 Å². The number of hydrogen-bond acceptors (Lipinski definition) is 3. The zero-order valence-corrected chi connectivity index (χ0v) is 10.9. The van der Waals surface area contributed by atoms with Crippen molar-refractivity contribution in [2.45, 2.75) is 32.4 Å². The second kappa shape index (κ2) is 7.07. The van der Waals surface area contributed by atoms with E-state index in [0.717, 1.165) is 31.7 Å². The third-order valence-electron chi connectivity index (χ3n) is 2.96. The van der Waals surface area contributed by atoms with Crippen LogP contribution in [0.2, 0.25) is 0 Å². The summed E-state index contributed by atoms with van der Waals surface area (Å²) in [6, 6.07) is 8.22. The minimum Gasteiger partial charge on any atom is -0.497 e. The van der Waals surface area contributed by atoms with Crippen molar-refractivity contribution in [3.8, 4) is 5.75 Å². The average Bonchev–Trinajstić information content (AvgIpc) is 2.42. The lowest BCUT2D eigenvalue weighted by Gasteiger charge is -2.19. The highest BCUT2D eigenvalue weighted by Gasteiger charge is 2.09. The molecule has 0 saturated heterocycles. The largest absolute Gasteiger partial charge is 0.497 e. The number of ether oxygens (including phenoxy) is 2. The fraction of sp³-hybridized carbons (Fsp3) is 0.467. The summed E-state index contributed by atoms with van der Waals surface area (Å²) in [5, 5.41) is 3.42. The van der Waals surface area contributed by atoms with Crippen LogP contribution >= 0.6 is 0 Å². The zero-order chi connectivity index (χ0) is 12.6. The van der Waals surface area contributed by atoms with Gasteiger partial charge in [-0.3, -0.25) is 0 Å². The highest BCUT2D eigenvalue weighted by Crippen LogP contribution is 2.12. The van der Waals surface area contributed by atoms with Gasteiger partial charge in [0.05, 0.1) is 12.9 Å². The van der Waals surface area contributed by atoms with Crippen molar-refractivity contribution in [3.05, 3.63) is 42.2 Å². The van der Waals surface area contributed by atoms with Crippen molar-refractivity contribution in [3.63, 3.8) is 0 Å². The first kappa shape index (κ1) is 13.0. The Morgan fingerprint density at radius 1 is 1.33 bits per heavy atom. The molecule has 0 saturated carbocycles. The molecule has 18 heavy (non-hydrogen) atoms. The van der Waals surface area contributed by atoms with Crippen LogP contribution in [0.4, 0.5) is 0 Å². The molecule has 1 atom stereocenters. The lowest BCUT2D eigenvalue weighted by atomic mass is 10.1. The quantitative estimate of drug-likeness (QED) is 0.838. The molecule has 0 radical (unpaired) electrons. The van der Waals surface area contributed by atoms with E-state index < -0.39 is 0 Å². The van der Waals surface area contributed by atoms with Crippen molar-refractivity contribution >= 4 is 0 Å². The third kappa shape index (κ3) is 4.08. The minimum atomic E-state index is 0.317. The molecule has 0 aromatic heterocycles. The van der Waals surface area contributed by atoms with Crippen LogP contribution in [0.1, 0.15) is 25.3 Å². The van der Waals surface area contributed by atoms with E-state index in [1.807, 2.05) is 25.3 Å². The van der Waals surface area contributed by atoms with Crippen LogP contribution in [0.25, 0.3) is 0 Å². The van der Waals surface area contributed by atoms with Crippen LogP contribution in [0, 0.1) is 0 Å². The molecule has 1 aliphatic heterocycles. The Morgan fingerprint density at radius 2 is 2.17 bits per heavy atom. The summed E-state index contributed by atoms with van der Waals surface area (Å²) < 4.78 is 10.9. The van der Waals surface area contributed by atoms with E-state index in [-0.39, 0.29) is 0 Å². The Morgan fingerprint density at radius 3 is 2.83 bits per heavy atom. The van der Waals surface area contributed by atoms with E-state index in [1.165, 1.54) is 5.56 Å². The first-order valence-corrected chi connectivity index (χ1v) is 6.61. The fourth-order valence-corrected chi connectivity index (χ4v) is 1.98. The smallest absolute Gasteiger partial charge is 0.119 e. The highest BCUT2D eigenvalue weighted by atomic mass is 16.5. The molecule has 1 aliphatic rings. The summed E-state index contributed by atoms with van der Waals surface area (Å²) in [5.41, 5.74) is 1.27. The molecule has 2 rings (SSSR count). The lowest BCUT2D eigenvalue weighted by Crippen LogP contribution is -2.28. The molecular formula is C15H21NO2. The zero-order valence-electron chi connectivity index (χ0n) is 10.9. The van der Waals surface area contributed by atoms with Crippen molar-refractivity contribution in [2.24, 2.45) is 0 Å². The van der Waals surface area contributed by atoms with Gasteiger partial charge in [0.15, 0.2) is 0 Å². The molecule has 0 aliphatic carbocycles. The Bertz CT molecular complexity index is 373. The third-order valence-corrected chi connectivity index (χ3v) is 2.96. The van der Waals surface area contributed by atoms with Crippen molar-refractivity contribution in [1.29, 1.82) is 0 Å². The number of hydrogen-bond donors (Lipinski definition) is 1. The molecule has 1 aromatic carbocycles. The molecular weight excluding hydrogens is 226 g/mol. The molecule has 0 fully saturated rings. The molecule has 0 unspecified atom stereocenters. The predicted octanol–water partition coefficient (Wildman–Crippen LogP) is 2.87. The van der Waals surface area contributed by atoms with E-state index in [9.17, 15) is 0 Å². The van der Waals surface area contributed by atoms with Gasteiger partial charge in [-0.1, -0.05) is 12.1 Å². The Kier molecular flexibility index (Phi) is 5.09. The van der Waals surface area contributed by atoms with Crippen LogP contribution in [0.15, 0.2) is 36.6 Å². The predicted molar refractivity (Wildman–Crippen MR) is 72.6 cm³/mol. The van der Waals surface area contributed by atoms with Crippen molar-refractivity contribution < 1.29 is 9.47 Å². The normalized spacial score (nSPS) is 18.4. The number of allylic oxidation sites excluding steroid dienone is 1. The summed E-state index contributed by atoms with van der Waals surface area (Å²) >= 11 is 0. The van der Waals surface area contributed by atoms with Crippen LogP contribution in [-0.2, 0) is 11.3 Å². The van der Waals surface area contributed by atoms with Gasteiger partial charge >= 0.3 is 0 Å². The van der Waals surface area contributed by atoms with Gasteiger partial charge in [0, 0.05) is 13.1 Å². The SMILES string of the molecule is CCOc1ccc(CNC[C@@H]2CCC=CO2)cc1. The first-order chi connectivity index (χ1) is 8.88. The van der Waals surface area contributed by atoms with Crippen LogP contribution in [-0.4, -0.2) is 19.3 Å². The maximum atomic E-state index is 5.50. The van der Waals surface area contributed by atoms with Crippen LogP contribution in [0.5, 0.6) is 5.75 Å². The number of nitrogens with one attached hydrogen (secondary N) is 1. The van der Waals surface area contributed by atoms with Gasteiger partial charge in [-0.2, -0.15) is 0 Å². The van der Waals surface area contributed by atoms with E-state index >= 15 is 0 Å². The summed E-state index contributed by atoms with van der Waals surface area (Å²) in [5.74, 6) is 0.932. The Hall–Kier alpha value is -1.48. The van der Waals surface area contributed by atoms with Gasteiger partial charge in [-0.15, -0.1) is 0 Å². The van der Waals surface area contributed by atoms with E-state index in [2.05, 4.69) is 23.5 Å². The highest BCUT2D eigenvalue weighted by molar-refractivity contribution is 5.27. The summed E-state index contributed by atoms with van der Waals surface area (Å²) in [4.78, 5) is 0. The lowest BCUT2D eigenvalue weighted by molar-refractivity contribution is 0.122. The fourth-order valence-electron chi connectivity index (χ4n) is 1.98. The molecule has 0 bridgehead atoms. The van der Waals surface area contributed by atoms with Crippen LogP contribution in [0.3, 0.4) is 0 Å². The maximum Gasteiger partial charge on any atom is 0.119 e. The second-order valence-corrected chi connectivity index (χ2v) is 4.42. The second-order valence-electron chi connectivity index (χ2n) is 4.42. The van der Waals surface area contributed by atoms with Crippen molar-refractivity contribution in [1.82, 2.24) is 5.32 Å². The summed E-state index contributed by atoms with van der Waals surface area (Å²) in [6.45, 7) is 4.48. The van der Waals surface area contributed by atoms with E-state index in [4.69, 9.17) is 9.47 Å². The molecule has 1 N–H and O–H groups in total. The van der Waals surface area contributed by atoms with Gasteiger partial charge in [-0.05, 0) is 43.5 Å². The van der Waals surface area contributed by atoms with Gasteiger partial charge in [0.1, 0.15) is 11.9 Å². The van der Waals surface area contributed by atoms with Gasteiger partial charge in [-0.25, -0.2) is 0 Å². The monoisotopic (exact) mass is 247 g/mol. The average molecular weight is 247 g/mol. The standard InChI is InChI=1S/C15H21NO2/c1-2-17-14-8-6-13(7-9-14)11-16-12-15-5-3-4-10-18-15/h4,6-10,15-16H,2-3,5,11-12H2,1H3/t15-/m0/s1. The number of rotatable bonds is 6. The van der Waals surface area contributed by atoms with Gasteiger partial charge in [0.25, 0.3) is 0 Å². The molecule has 1 heterocycles. The van der Waals surface area contributed by atoms with E-state index in [1.54, 1.807) is 0 Å². The Labute approximate surface area is 109 Å². The number of benzene rings is 1. The Balaban J connectivity index is 1.71. The molecule has 0 amide bonds. The van der Waals surface area contributed by atoms with Gasteiger partial charge in [0.2, 0.25) is 0 Å². The molecule has 3 nitrogen and oxygen atoms in total. The maximum absolute atomic E-state index is 5.50. The molecule has 3 heteroatoms. The van der Waals surface area contributed by atoms with Crippen molar-refractivity contribution in [2.75, 3.05) is 13.2 Å². The van der Waals surface area contributed by atoms with E-state index in [0.29, 0.717) is 12.7 Å². The summed E-state index contributed by atoms with van der Waals surface area (Å²) in [6.07, 6.45) is 6.43. The summed E-state index contributed by atoms with van der Waals surface area (Å²) in [7, 11) is 0. The molecule has 1 aromatic rings.